The Morgan fingerprint density at radius 1 is 0.472 bits per heavy atom. The van der Waals surface area contributed by atoms with Gasteiger partial charge in [-0.05, 0) is 123 Å². The third-order valence-corrected chi connectivity index (χ3v) is 32.5. The topological polar surface area (TPSA) is 56.8 Å². The third kappa shape index (κ3) is 28.4. The minimum absolute atomic E-state index is 0.00194. The lowest BCUT2D eigenvalue weighted by atomic mass is 10.0. The summed E-state index contributed by atoms with van der Waals surface area (Å²) in [6.45, 7) is 40.0. The summed E-state index contributed by atoms with van der Waals surface area (Å²) in [4.78, 5) is 14.9. The van der Waals surface area contributed by atoms with Crippen molar-refractivity contribution in [1.82, 2.24) is 5.32 Å². The fourth-order valence-corrected chi connectivity index (χ4v) is 14.0. The van der Waals surface area contributed by atoms with E-state index in [-0.39, 0.29) is 33.2 Å². The molecule has 0 saturated heterocycles. The number of nitrogens with one attached hydrogen (secondary N) is 1. The predicted molar refractivity (Wildman–Crippen MR) is 326 cm³/mol. The fraction of sp³-hybridized carbons (Fsp3) is 0.953. The Morgan fingerprint density at radius 3 is 1.25 bits per heavy atom. The van der Waals surface area contributed by atoms with Crippen LogP contribution in [0.3, 0.4) is 0 Å². The lowest BCUT2D eigenvalue weighted by Crippen LogP contribution is -2.57. The largest absolute Gasteiger partial charge is 0.415 e. The van der Waals surface area contributed by atoms with E-state index in [4.69, 9.17) is 13.3 Å². The van der Waals surface area contributed by atoms with Crippen molar-refractivity contribution < 1.29 is 18.1 Å². The Kier molecular flexibility index (Phi) is 32.6. The second-order valence-corrected chi connectivity index (χ2v) is 43.0. The van der Waals surface area contributed by atoms with Gasteiger partial charge in [0.2, 0.25) is 5.91 Å². The number of hydrogen-bond acceptors (Lipinski definition) is 4. The van der Waals surface area contributed by atoms with Crippen molar-refractivity contribution >= 4 is 30.9 Å². The molecule has 0 aromatic heterocycles. The van der Waals surface area contributed by atoms with Gasteiger partial charge in [0, 0.05) is 0 Å². The Bertz CT molecular complexity index is 1430. The van der Waals surface area contributed by atoms with E-state index in [9.17, 15) is 4.79 Å². The monoisotopic (exact) mass is 1060 g/mol. The van der Waals surface area contributed by atoms with Crippen molar-refractivity contribution in [3.8, 4) is 0 Å². The molecule has 2 fully saturated rings. The molecule has 2 rings (SSSR count). The number of allylic oxidation sites excluding steroid dienone is 2. The number of hydrogen-bond donors (Lipinski definition) is 1. The Hall–Kier alpha value is -0.259. The summed E-state index contributed by atoms with van der Waals surface area (Å²) in [6.07, 6.45) is 48.3. The molecule has 1 amide bonds. The first kappa shape index (κ1) is 67.8. The van der Waals surface area contributed by atoms with Gasteiger partial charge in [-0.15, -0.1) is 0 Å². The first-order valence-corrected chi connectivity index (χ1v) is 40.4. The number of unbranched alkanes of at least 4 members (excludes halogenated alkanes) is 20. The van der Waals surface area contributed by atoms with Gasteiger partial charge in [0.15, 0.2) is 25.0 Å². The maximum absolute atomic E-state index is 14.9. The number of carbonyl (C=O) groups excluding carboxylic acids is 1. The highest BCUT2D eigenvalue weighted by atomic mass is 28.4. The van der Waals surface area contributed by atoms with E-state index in [1.807, 2.05) is 0 Å². The van der Waals surface area contributed by atoms with E-state index in [0.29, 0.717) is 13.0 Å². The fourth-order valence-electron chi connectivity index (χ4n) is 10.3. The molecule has 2 saturated carbocycles. The summed E-state index contributed by atoms with van der Waals surface area (Å²) in [7, 11) is -6.56. The summed E-state index contributed by atoms with van der Waals surface area (Å²) in [5.41, 5.74) is 0. The van der Waals surface area contributed by atoms with E-state index in [0.717, 1.165) is 49.4 Å². The zero-order valence-corrected chi connectivity index (χ0v) is 54.9. The Morgan fingerprint density at radius 2 is 0.833 bits per heavy atom. The van der Waals surface area contributed by atoms with Gasteiger partial charge in [0.25, 0.3) is 0 Å². The van der Waals surface area contributed by atoms with E-state index in [2.05, 4.69) is 133 Å². The molecule has 0 bridgehead atoms. The van der Waals surface area contributed by atoms with E-state index in [1.165, 1.54) is 180 Å². The maximum atomic E-state index is 14.9. The van der Waals surface area contributed by atoms with E-state index < -0.39 is 31.1 Å². The minimum Gasteiger partial charge on any atom is -0.415 e. The standard InChI is InChI=1S/C64H129NO4Si3/c1-18-20-22-24-26-28-33-39-45-54-51-56(54)47-41-35-30-31-37-44-50-60(69-72(16,17)64(9,10)11)61(66)65-58(53-67-70(12,13)62(3,4)5)59(68-71(14,15)63(6,7)8)49-43-38-32-36-42-48-57-52-55(57)46-40-34-29-27-25-23-21-19-2/h31,37,54-60H,18-30,32-36,38-53H2,1-17H3,(H,65,66)/b37-31-/t54-,55-,56+,57+,58-,59+,60+/m0/s1. The molecule has 0 radical (unpaired) electrons. The first-order valence-electron chi connectivity index (χ1n) is 31.7. The third-order valence-electron chi connectivity index (χ3n) is 19.0. The number of rotatable bonds is 44. The lowest BCUT2D eigenvalue weighted by molar-refractivity contribution is -0.130. The van der Waals surface area contributed by atoms with Crippen LogP contribution >= 0.6 is 0 Å². The van der Waals surface area contributed by atoms with Crippen molar-refractivity contribution in [3.05, 3.63) is 12.2 Å². The van der Waals surface area contributed by atoms with Crippen LogP contribution < -0.4 is 5.32 Å². The molecule has 1 N–H and O–H groups in total. The van der Waals surface area contributed by atoms with Crippen LogP contribution in [-0.4, -0.2) is 55.7 Å². The summed E-state index contributed by atoms with van der Waals surface area (Å²) in [5.74, 6) is 4.07. The molecule has 5 nitrogen and oxygen atoms in total. The van der Waals surface area contributed by atoms with E-state index >= 15 is 0 Å². The highest BCUT2D eigenvalue weighted by Gasteiger charge is 2.45. The second kappa shape index (κ2) is 34.6. The molecule has 0 unspecified atom stereocenters. The molecule has 426 valence electrons. The zero-order chi connectivity index (χ0) is 53.9. The molecule has 7 atom stereocenters. The van der Waals surface area contributed by atoms with Crippen molar-refractivity contribution in [3.63, 3.8) is 0 Å². The average Bonchev–Trinajstić information content (AvgIpc) is 4.22. The molecule has 2 aliphatic rings. The predicted octanol–water partition coefficient (Wildman–Crippen LogP) is 21.2. The van der Waals surface area contributed by atoms with Crippen LogP contribution in [0, 0.1) is 23.7 Å². The SMILES string of the molecule is CCCCCCCCCC[C@H]1C[C@H]1CCCC/C=C\CC[C@@H](O[Si](C)(C)C(C)(C)C)C(=O)N[C@@H](CO[Si](C)(C)C(C)(C)C)[C@@H](CCCCCCC[C@@H]1C[C@@H]1CCCCCCCCCC)O[Si](C)(C)C(C)(C)C. The van der Waals surface area contributed by atoms with Gasteiger partial charge >= 0.3 is 0 Å². The smallest absolute Gasteiger partial charge is 0.248 e. The number of carbonyl (C=O) groups is 1. The van der Waals surface area contributed by atoms with Gasteiger partial charge in [0.1, 0.15) is 6.10 Å². The second-order valence-electron chi connectivity index (χ2n) is 28.7. The van der Waals surface area contributed by atoms with Crippen LogP contribution in [0.25, 0.3) is 0 Å². The molecule has 8 heteroatoms. The van der Waals surface area contributed by atoms with Crippen LogP contribution in [0.2, 0.25) is 54.4 Å². The number of amides is 1. The highest BCUT2D eigenvalue weighted by molar-refractivity contribution is 6.75. The molecule has 2 aliphatic carbocycles. The van der Waals surface area contributed by atoms with Crippen LogP contribution in [-0.2, 0) is 18.1 Å². The van der Waals surface area contributed by atoms with Gasteiger partial charge in [-0.1, -0.05) is 255 Å². The molecule has 0 spiro atoms. The normalized spacial score (nSPS) is 20.3. The molecule has 0 aromatic carbocycles. The molecule has 0 aromatic rings. The zero-order valence-electron chi connectivity index (χ0n) is 51.9. The maximum Gasteiger partial charge on any atom is 0.248 e. The molecular weight excluding hydrogens is 931 g/mol. The van der Waals surface area contributed by atoms with Gasteiger partial charge in [-0.25, -0.2) is 0 Å². The summed E-state index contributed by atoms with van der Waals surface area (Å²) >= 11 is 0. The minimum atomic E-state index is -2.25. The quantitative estimate of drug-likeness (QED) is 0.0375. The van der Waals surface area contributed by atoms with Crippen LogP contribution in [0.15, 0.2) is 12.2 Å². The summed E-state index contributed by atoms with van der Waals surface area (Å²) in [5, 5.41) is 3.78. The van der Waals surface area contributed by atoms with Gasteiger partial charge in [-0.3, -0.25) is 4.79 Å². The van der Waals surface area contributed by atoms with Gasteiger partial charge < -0.3 is 18.6 Å². The van der Waals surface area contributed by atoms with E-state index in [1.54, 1.807) is 0 Å². The Balaban J connectivity index is 2.04. The van der Waals surface area contributed by atoms with Crippen molar-refractivity contribution in [2.24, 2.45) is 23.7 Å². The lowest BCUT2D eigenvalue weighted by Gasteiger charge is -2.44. The van der Waals surface area contributed by atoms with Gasteiger partial charge in [-0.2, -0.15) is 0 Å². The van der Waals surface area contributed by atoms with Gasteiger partial charge in [0.05, 0.1) is 18.8 Å². The molecular formula is C64H129NO4Si3. The Labute approximate surface area is 455 Å². The highest BCUT2D eigenvalue weighted by Crippen LogP contribution is 2.47. The first-order chi connectivity index (χ1) is 33.8. The molecule has 72 heavy (non-hydrogen) atoms. The average molecular weight is 1060 g/mol. The van der Waals surface area contributed by atoms with Crippen LogP contribution in [0.4, 0.5) is 0 Å². The van der Waals surface area contributed by atoms with Crippen molar-refractivity contribution in [1.29, 1.82) is 0 Å². The summed E-state index contributed by atoms with van der Waals surface area (Å²) < 4.78 is 21.6. The summed E-state index contributed by atoms with van der Waals surface area (Å²) in [6, 6.07) is -0.235. The molecule has 0 aliphatic heterocycles. The van der Waals surface area contributed by atoms with Crippen molar-refractivity contribution in [2.75, 3.05) is 6.61 Å². The van der Waals surface area contributed by atoms with Crippen LogP contribution in [0.1, 0.15) is 288 Å². The van der Waals surface area contributed by atoms with Crippen LogP contribution in [0.5, 0.6) is 0 Å². The molecule has 0 heterocycles. The van der Waals surface area contributed by atoms with Crippen molar-refractivity contribution in [2.45, 2.75) is 361 Å².